The zero-order valence-electron chi connectivity index (χ0n) is 9.80. The third kappa shape index (κ3) is 2.57. The first kappa shape index (κ1) is 11.9. The molecule has 1 heterocycles. The molecule has 17 heavy (non-hydrogen) atoms. The molecule has 1 aromatic rings. The Morgan fingerprint density at radius 2 is 2.12 bits per heavy atom. The second-order valence-electron chi connectivity index (χ2n) is 4.21. The average molecular weight is 237 g/mol. The topological polar surface area (TPSA) is 29.5 Å². The zero-order valence-corrected chi connectivity index (χ0v) is 9.80. The molecule has 0 bridgehead atoms. The number of alkyl halides is 1. The smallest absolute Gasteiger partial charge is 0.409 e. The van der Waals surface area contributed by atoms with Gasteiger partial charge in [-0.2, -0.15) is 0 Å². The molecule has 0 spiro atoms. The Balaban J connectivity index is 2.23. The fourth-order valence-corrected chi connectivity index (χ4v) is 2.25. The average Bonchev–Trinajstić information content (AvgIpc) is 2.39. The number of ether oxygens (including phenoxy) is 1. The molecule has 1 aromatic carbocycles. The molecule has 0 aliphatic carbocycles. The standard InChI is InChI=1S/C13H16FNO2/c1-17-13(16)15-8-7-11(14)9-12(15)10-5-3-2-4-6-10/h2-6,11-12H,7-9H2,1H3/t11-,12-/m1/s1. The first-order valence-electron chi connectivity index (χ1n) is 5.76. The van der Waals surface area contributed by atoms with Gasteiger partial charge in [-0.25, -0.2) is 9.18 Å². The number of benzene rings is 1. The van der Waals surface area contributed by atoms with E-state index in [2.05, 4.69) is 0 Å². The summed E-state index contributed by atoms with van der Waals surface area (Å²) >= 11 is 0. The van der Waals surface area contributed by atoms with Crippen LogP contribution in [0.2, 0.25) is 0 Å². The van der Waals surface area contributed by atoms with E-state index in [1.54, 1.807) is 4.90 Å². The lowest BCUT2D eigenvalue weighted by Crippen LogP contribution is -2.41. The molecule has 0 N–H and O–H groups in total. The molecule has 0 aromatic heterocycles. The minimum absolute atomic E-state index is 0.215. The highest BCUT2D eigenvalue weighted by atomic mass is 19.1. The first-order valence-corrected chi connectivity index (χ1v) is 5.76. The van der Waals surface area contributed by atoms with Gasteiger partial charge in [-0.05, 0) is 12.0 Å². The molecule has 92 valence electrons. The highest BCUT2D eigenvalue weighted by molar-refractivity contribution is 5.68. The highest BCUT2D eigenvalue weighted by Gasteiger charge is 2.33. The zero-order chi connectivity index (χ0) is 12.3. The van der Waals surface area contributed by atoms with E-state index >= 15 is 0 Å². The molecule has 0 unspecified atom stereocenters. The predicted molar refractivity (Wildman–Crippen MR) is 62.4 cm³/mol. The minimum atomic E-state index is -0.846. The van der Waals surface area contributed by atoms with Crippen LogP contribution in [0.4, 0.5) is 9.18 Å². The summed E-state index contributed by atoms with van der Waals surface area (Å²) in [6.45, 7) is 0.410. The van der Waals surface area contributed by atoms with Crippen LogP contribution in [0.25, 0.3) is 0 Å². The highest BCUT2D eigenvalue weighted by Crippen LogP contribution is 2.32. The molecule has 2 rings (SSSR count). The number of halogens is 1. The van der Waals surface area contributed by atoms with Gasteiger partial charge in [-0.15, -0.1) is 0 Å². The van der Waals surface area contributed by atoms with E-state index in [0.29, 0.717) is 19.4 Å². The van der Waals surface area contributed by atoms with Crippen LogP contribution in [0.1, 0.15) is 24.4 Å². The number of piperidine rings is 1. The van der Waals surface area contributed by atoms with E-state index in [0.717, 1.165) is 5.56 Å². The lowest BCUT2D eigenvalue weighted by Gasteiger charge is -2.36. The van der Waals surface area contributed by atoms with Gasteiger partial charge in [0.2, 0.25) is 0 Å². The Hall–Kier alpha value is -1.58. The van der Waals surface area contributed by atoms with Crippen molar-refractivity contribution in [3.63, 3.8) is 0 Å². The number of rotatable bonds is 1. The summed E-state index contributed by atoms with van der Waals surface area (Å²) in [7, 11) is 1.35. The second kappa shape index (κ2) is 5.17. The summed E-state index contributed by atoms with van der Waals surface area (Å²) in [5.74, 6) is 0. The van der Waals surface area contributed by atoms with Gasteiger partial charge in [0.15, 0.2) is 0 Å². The molecule has 0 radical (unpaired) electrons. The van der Waals surface area contributed by atoms with Crippen LogP contribution in [0.5, 0.6) is 0 Å². The molecule has 1 amide bonds. The van der Waals surface area contributed by atoms with E-state index < -0.39 is 6.17 Å². The van der Waals surface area contributed by atoms with Crippen molar-refractivity contribution < 1.29 is 13.9 Å². The van der Waals surface area contributed by atoms with Crippen molar-refractivity contribution in [1.29, 1.82) is 0 Å². The monoisotopic (exact) mass is 237 g/mol. The number of likely N-dealkylation sites (tertiary alicyclic amines) is 1. The van der Waals surface area contributed by atoms with Crippen molar-refractivity contribution in [2.45, 2.75) is 25.1 Å². The summed E-state index contributed by atoms with van der Waals surface area (Å²) < 4.78 is 18.2. The molecule has 2 atom stereocenters. The van der Waals surface area contributed by atoms with Crippen molar-refractivity contribution in [2.24, 2.45) is 0 Å². The molecular weight excluding hydrogens is 221 g/mol. The third-order valence-corrected chi connectivity index (χ3v) is 3.13. The fourth-order valence-electron chi connectivity index (χ4n) is 2.25. The van der Waals surface area contributed by atoms with Gasteiger partial charge < -0.3 is 9.64 Å². The Bertz CT molecular complexity index is 382. The normalized spacial score (nSPS) is 24.5. The number of carbonyl (C=O) groups excluding carboxylic acids is 1. The third-order valence-electron chi connectivity index (χ3n) is 3.13. The van der Waals surface area contributed by atoms with Gasteiger partial charge in [0.05, 0.1) is 13.2 Å². The maximum Gasteiger partial charge on any atom is 0.409 e. The number of hydrogen-bond acceptors (Lipinski definition) is 2. The fraction of sp³-hybridized carbons (Fsp3) is 0.462. The molecule has 1 aliphatic heterocycles. The number of amides is 1. The van der Waals surface area contributed by atoms with Crippen molar-refractivity contribution >= 4 is 6.09 Å². The first-order chi connectivity index (χ1) is 8.22. The van der Waals surface area contributed by atoms with E-state index in [9.17, 15) is 9.18 Å². The summed E-state index contributed by atoms with van der Waals surface area (Å²) in [4.78, 5) is 13.2. The van der Waals surface area contributed by atoms with Crippen molar-refractivity contribution in [1.82, 2.24) is 4.90 Å². The molecular formula is C13H16FNO2. The van der Waals surface area contributed by atoms with Gasteiger partial charge in [-0.3, -0.25) is 0 Å². The van der Waals surface area contributed by atoms with E-state index in [4.69, 9.17) is 4.74 Å². The van der Waals surface area contributed by atoms with Crippen LogP contribution in [0.15, 0.2) is 30.3 Å². The van der Waals surface area contributed by atoms with E-state index in [-0.39, 0.29) is 12.1 Å². The molecule has 1 aliphatic rings. The predicted octanol–water partition coefficient (Wildman–Crippen LogP) is 2.93. The molecule has 3 nitrogen and oxygen atoms in total. The van der Waals surface area contributed by atoms with Gasteiger partial charge in [0.25, 0.3) is 0 Å². The number of hydrogen-bond donors (Lipinski definition) is 0. The Morgan fingerprint density at radius 3 is 2.76 bits per heavy atom. The van der Waals surface area contributed by atoms with Crippen LogP contribution < -0.4 is 0 Å². The molecule has 4 heteroatoms. The van der Waals surface area contributed by atoms with Crippen molar-refractivity contribution in [3.8, 4) is 0 Å². The number of methoxy groups -OCH3 is 1. The summed E-state index contributed by atoms with van der Waals surface area (Å²) in [6, 6.07) is 9.31. The maximum atomic E-state index is 13.5. The van der Waals surface area contributed by atoms with E-state index in [1.807, 2.05) is 30.3 Å². The lowest BCUT2D eigenvalue weighted by molar-refractivity contribution is 0.0660. The van der Waals surface area contributed by atoms with Crippen LogP contribution in [-0.4, -0.2) is 30.8 Å². The van der Waals surface area contributed by atoms with Crippen LogP contribution >= 0.6 is 0 Å². The van der Waals surface area contributed by atoms with Gasteiger partial charge in [0.1, 0.15) is 6.17 Å². The molecule has 0 saturated carbocycles. The van der Waals surface area contributed by atoms with Gasteiger partial charge in [0, 0.05) is 13.0 Å². The summed E-state index contributed by atoms with van der Waals surface area (Å²) in [5.41, 5.74) is 0.959. The van der Waals surface area contributed by atoms with Crippen molar-refractivity contribution in [2.75, 3.05) is 13.7 Å². The minimum Gasteiger partial charge on any atom is -0.453 e. The Morgan fingerprint density at radius 1 is 1.41 bits per heavy atom. The maximum absolute atomic E-state index is 13.5. The Kier molecular flexibility index (Phi) is 3.61. The number of nitrogens with zero attached hydrogens (tertiary/aromatic N) is 1. The quantitative estimate of drug-likeness (QED) is 0.751. The van der Waals surface area contributed by atoms with Gasteiger partial charge >= 0.3 is 6.09 Å². The summed E-state index contributed by atoms with van der Waals surface area (Å²) in [6.07, 6.45) is -0.496. The van der Waals surface area contributed by atoms with Crippen LogP contribution in [-0.2, 0) is 4.74 Å². The van der Waals surface area contributed by atoms with Crippen LogP contribution in [0, 0.1) is 0 Å². The van der Waals surface area contributed by atoms with Crippen LogP contribution in [0.3, 0.4) is 0 Å². The van der Waals surface area contributed by atoms with E-state index in [1.165, 1.54) is 7.11 Å². The largest absolute Gasteiger partial charge is 0.453 e. The van der Waals surface area contributed by atoms with Gasteiger partial charge in [-0.1, -0.05) is 30.3 Å². The summed E-state index contributed by atoms with van der Waals surface area (Å²) in [5, 5.41) is 0. The second-order valence-corrected chi connectivity index (χ2v) is 4.21. The van der Waals surface area contributed by atoms with Crippen molar-refractivity contribution in [3.05, 3.63) is 35.9 Å². The SMILES string of the molecule is COC(=O)N1CC[C@@H](F)C[C@@H]1c1ccccc1. The lowest BCUT2D eigenvalue weighted by atomic mass is 9.94. The number of carbonyl (C=O) groups is 1. The Labute approximate surface area is 100 Å². The molecule has 1 saturated heterocycles. The molecule has 1 fully saturated rings.